The van der Waals surface area contributed by atoms with Gasteiger partial charge in [-0.3, -0.25) is 9.59 Å². The molecule has 0 fully saturated rings. The van der Waals surface area contributed by atoms with Crippen LogP contribution in [0.4, 0.5) is 5.82 Å². The number of benzene rings is 1. The molecule has 0 saturated heterocycles. The van der Waals surface area contributed by atoms with Crippen molar-refractivity contribution in [1.29, 1.82) is 0 Å². The van der Waals surface area contributed by atoms with Crippen molar-refractivity contribution < 1.29 is 14.3 Å². The maximum absolute atomic E-state index is 12.2. The van der Waals surface area contributed by atoms with E-state index in [1.807, 2.05) is 13.8 Å². The van der Waals surface area contributed by atoms with E-state index in [-0.39, 0.29) is 12.5 Å². The summed E-state index contributed by atoms with van der Waals surface area (Å²) in [4.78, 5) is 24.3. The van der Waals surface area contributed by atoms with Crippen molar-refractivity contribution in [2.45, 2.75) is 39.3 Å². The van der Waals surface area contributed by atoms with Crippen molar-refractivity contribution in [1.82, 2.24) is 9.78 Å². The lowest BCUT2D eigenvalue weighted by Gasteiger charge is -2.16. The number of amides is 1. The van der Waals surface area contributed by atoms with Gasteiger partial charge in [-0.25, -0.2) is 4.68 Å². The molecule has 134 valence electrons. The van der Waals surface area contributed by atoms with E-state index in [9.17, 15) is 9.59 Å². The van der Waals surface area contributed by atoms with Crippen LogP contribution in [0.5, 0.6) is 0 Å². The van der Waals surface area contributed by atoms with E-state index >= 15 is 0 Å². The third-order valence-corrected chi connectivity index (χ3v) is 4.18. The maximum atomic E-state index is 12.2. The number of esters is 1. The second-order valence-corrected chi connectivity index (χ2v) is 6.57. The lowest BCUT2D eigenvalue weighted by Crippen LogP contribution is -2.31. The molecule has 0 spiro atoms. The molecule has 0 aliphatic carbocycles. The molecule has 1 atom stereocenters. The summed E-state index contributed by atoms with van der Waals surface area (Å²) >= 11 is 12.1. The highest BCUT2D eigenvalue weighted by Crippen LogP contribution is 2.25. The number of halogens is 2. The van der Waals surface area contributed by atoms with Gasteiger partial charge in [-0.2, -0.15) is 5.10 Å². The third-order valence-electron chi connectivity index (χ3n) is 3.47. The van der Waals surface area contributed by atoms with Crippen LogP contribution < -0.4 is 5.32 Å². The number of hydrogen-bond acceptors (Lipinski definition) is 4. The molecule has 6 nitrogen and oxygen atoms in total. The van der Waals surface area contributed by atoms with Crippen LogP contribution in [0.1, 0.15) is 32.4 Å². The fourth-order valence-corrected chi connectivity index (χ4v) is 2.72. The largest absolute Gasteiger partial charge is 0.452 e. The Bertz CT molecular complexity index is 754. The first kappa shape index (κ1) is 19.3. The molecular formula is C17H19Cl2N3O3. The van der Waals surface area contributed by atoms with Crippen LogP contribution in [-0.2, 0) is 20.7 Å². The average Bonchev–Trinajstić information content (AvgIpc) is 2.99. The fourth-order valence-electron chi connectivity index (χ4n) is 2.19. The van der Waals surface area contributed by atoms with E-state index in [1.54, 1.807) is 35.1 Å². The number of ether oxygens (including phenoxy) is 1. The quantitative estimate of drug-likeness (QED) is 0.767. The third kappa shape index (κ3) is 4.96. The minimum atomic E-state index is -0.968. The van der Waals surface area contributed by atoms with Gasteiger partial charge < -0.3 is 10.1 Å². The molecule has 1 aromatic carbocycles. The number of carbonyl (C=O) groups is 2. The lowest BCUT2D eigenvalue weighted by atomic mass is 10.1. The zero-order valence-electron chi connectivity index (χ0n) is 14.1. The van der Waals surface area contributed by atoms with Gasteiger partial charge in [-0.15, -0.1) is 0 Å². The predicted octanol–water partition coefficient (Wildman–Crippen LogP) is 3.88. The van der Waals surface area contributed by atoms with Crippen LogP contribution in [0.3, 0.4) is 0 Å². The Morgan fingerprint density at radius 1 is 1.20 bits per heavy atom. The molecule has 1 heterocycles. The zero-order chi connectivity index (χ0) is 18.6. The molecule has 2 rings (SSSR count). The van der Waals surface area contributed by atoms with Gasteiger partial charge in [0.15, 0.2) is 6.10 Å². The second kappa shape index (κ2) is 8.36. The molecule has 0 unspecified atom stereocenters. The summed E-state index contributed by atoms with van der Waals surface area (Å²) in [7, 11) is 0. The number of carbonyl (C=O) groups excluding carboxylic acids is 2. The number of nitrogens with zero attached hydrogens (tertiary/aromatic N) is 2. The molecule has 1 amide bonds. The first-order valence-electron chi connectivity index (χ1n) is 7.76. The van der Waals surface area contributed by atoms with Gasteiger partial charge in [0.25, 0.3) is 5.91 Å². The molecule has 0 aliphatic heterocycles. The average molecular weight is 384 g/mol. The molecule has 0 saturated carbocycles. The number of aromatic nitrogens is 2. The number of rotatable bonds is 6. The molecule has 1 N–H and O–H groups in total. The van der Waals surface area contributed by atoms with Crippen LogP contribution >= 0.6 is 23.2 Å². The summed E-state index contributed by atoms with van der Waals surface area (Å²) in [5.41, 5.74) is 0.473. The SMILES string of the molecule is CC(C)n1nccc1NC(=O)[C@H](C)OC(=O)Cc1c(Cl)cccc1Cl. The van der Waals surface area contributed by atoms with Crippen LogP contribution in [0.25, 0.3) is 0 Å². The van der Waals surface area contributed by atoms with Gasteiger partial charge in [0.2, 0.25) is 0 Å². The number of nitrogens with one attached hydrogen (secondary N) is 1. The summed E-state index contributed by atoms with van der Waals surface area (Å²) in [5, 5.41) is 7.58. The van der Waals surface area contributed by atoms with E-state index in [2.05, 4.69) is 10.4 Å². The summed E-state index contributed by atoms with van der Waals surface area (Å²) in [6, 6.07) is 6.73. The Kier molecular flexibility index (Phi) is 6.45. The van der Waals surface area contributed by atoms with E-state index in [0.717, 1.165) is 0 Å². The predicted molar refractivity (Wildman–Crippen MR) is 97.0 cm³/mol. The highest BCUT2D eigenvalue weighted by molar-refractivity contribution is 6.36. The molecule has 0 bridgehead atoms. The minimum absolute atomic E-state index is 0.0884. The summed E-state index contributed by atoms with van der Waals surface area (Å²) < 4.78 is 6.84. The summed E-state index contributed by atoms with van der Waals surface area (Å²) in [6.45, 7) is 5.39. The summed E-state index contributed by atoms with van der Waals surface area (Å²) in [5.74, 6) is -0.493. The van der Waals surface area contributed by atoms with E-state index < -0.39 is 18.0 Å². The van der Waals surface area contributed by atoms with E-state index in [4.69, 9.17) is 27.9 Å². The monoisotopic (exact) mass is 383 g/mol. The van der Waals surface area contributed by atoms with Crippen molar-refractivity contribution in [2.24, 2.45) is 0 Å². The molecular weight excluding hydrogens is 365 g/mol. The summed E-state index contributed by atoms with van der Waals surface area (Å²) in [6.07, 6.45) is 0.510. The molecule has 1 aromatic heterocycles. The van der Waals surface area contributed by atoms with E-state index in [0.29, 0.717) is 21.4 Å². The topological polar surface area (TPSA) is 73.2 Å². The van der Waals surface area contributed by atoms with Gasteiger partial charge in [0, 0.05) is 27.7 Å². The van der Waals surface area contributed by atoms with E-state index in [1.165, 1.54) is 6.92 Å². The van der Waals surface area contributed by atoms with Gasteiger partial charge >= 0.3 is 5.97 Å². The van der Waals surface area contributed by atoms with Crippen LogP contribution in [0, 0.1) is 0 Å². The molecule has 8 heteroatoms. The standard InChI is InChI=1S/C17H19Cl2N3O3/c1-10(2)22-15(7-8-20-22)21-17(24)11(3)25-16(23)9-12-13(18)5-4-6-14(12)19/h4-8,10-11H,9H2,1-3H3,(H,21,24)/t11-/m0/s1. The van der Waals surface area contributed by atoms with Crippen molar-refractivity contribution in [3.63, 3.8) is 0 Å². The first-order chi connectivity index (χ1) is 11.8. The normalized spacial score (nSPS) is 12.1. The van der Waals surface area contributed by atoms with Gasteiger partial charge in [-0.1, -0.05) is 29.3 Å². The Balaban J connectivity index is 1.96. The van der Waals surface area contributed by atoms with Gasteiger partial charge in [0.05, 0.1) is 12.6 Å². The van der Waals surface area contributed by atoms with Crippen LogP contribution in [-0.4, -0.2) is 27.8 Å². The van der Waals surface area contributed by atoms with Crippen molar-refractivity contribution in [2.75, 3.05) is 5.32 Å². The highest BCUT2D eigenvalue weighted by Gasteiger charge is 2.21. The molecule has 0 radical (unpaired) electrons. The Labute approximate surface area is 156 Å². The highest BCUT2D eigenvalue weighted by atomic mass is 35.5. The Hall–Kier alpha value is -2.05. The van der Waals surface area contributed by atoms with Crippen molar-refractivity contribution in [3.05, 3.63) is 46.1 Å². The fraction of sp³-hybridized carbons (Fsp3) is 0.353. The Morgan fingerprint density at radius 2 is 1.84 bits per heavy atom. The molecule has 2 aromatic rings. The first-order valence-corrected chi connectivity index (χ1v) is 8.52. The number of hydrogen-bond donors (Lipinski definition) is 1. The van der Waals surface area contributed by atoms with Gasteiger partial charge in [0.1, 0.15) is 5.82 Å². The lowest BCUT2D eigenvalue weighted by molar-refractivity contribution is -0.152. The van der Waals surface area contributed by atoms with Gasteiger partial charge in [-0.05, 0) is 32.9 Å². The minimum Gasteiger partial charge on any atom is -0.452 e. The smallest absolute Gasteiger partial charge is 0.311 e. The molecule has 0 aliphatic rings. The zero-order valence-corrected chi connectivity index (χ0v) is 15.6. The van der Waals surface area contributed by atoms with Crippen molar-refractivity contribution >= 4 is 40.9 Å². The second-order valence-electron chi connectivity index (χ2n) is 5.75. The number of anilines is 1. The maximum Gasteiger partial charge on any atom is 0.311 e. The Morgan fingerprint density at radius 3 is 2.44 bits per heavy atom. The molecule has 25 heavy (non-hydrogen) atoms. The van der Waals surface area contributed by atoms with Crippen molar-refractivity contribution in [3.8, 4) is 0 Å². The van der Waals surface area contributed by atoms with Crippen LogP contribution in [0.15, 0.2) is 30.5 Å². The van der Waals surface area contributed by atoms with Crippen LogP contribution in [0.2, 0.25) is 10.0 Å².